The van der Waals surface area contributed by atoms with Crippen molar-refractivity contribution in [3.05, 3.63) is 28.2 Å². The van der Waals surface area contributed by atoms with Crippen molar-refractivity contribution < 1.29 is 14.3 Å². The molecule has 0 saturated heterocycles. The topological polar surface area (TPSA) is 43.4 Å². The number of halogens is 1. The maximum absolute atomic E-state index is 11.9. The first-order chi connectivity index (χ1) is 8.49. The van der Waals surface area contributed by atoms with Crippen LogP contribution >= 0.6 is 27.7 Å². The molecular weight excluding hydrogens is 316 g/mol. The minimum absolute atomic E-state index is 0.139. The van der Waals surface area contributed by atoms with Crippen molar-refractivity contribution in [3.63, 3.8) is 0 Å². The molecule has 0 bridgehead atoms. The number of hydrogen-bond acceptors (Lipinski definition) is 4. The summed E-state index contributed by atoms with van der Waals surface area (Å²) < 4.78 is 5.45. The highest BCUT2D eigenvalue weighted by atomic mass is 79.9. The Kier molecular flexibility index (Phi) is 5.88. The molecule has 3 nitrogen and oxygen atoms in total. The van der Waals surface area contributed by atoms with E-state index in [4.69, 9.17) is 0 Å². The van der Waals surface area contributed by atoms with Crippen molar-refractivity contribution >= 4 is 39.4 Å². The van der Waals surface area contributed by atoms with Crippen LogP contribution in [-0.2, 0) is 20.7 Å². The molecule has 0 aliphatic rings. The van der Waals surface area contributed by atoms with Crippen LogP contribution in [-0.4, -0.2) is 25.1 Å². The number of carbonyl (C=O) groups excluding carboxylic acids is 2. The van der Waals surface area contributed by atoms with Crippen LogP contribution in [0.2, 0.25) is 0 Å². The second kappa shape index (κ2) is 6.95. The van der Waals surface area contributed by atoms with Crippen molar-refractivity contribution in [3.8, 4) is 0 Å². The quantitative estimate of drug-likeness (QED) is 0.472. The molecule has 1 atom stereocenters. The molecule has 0 aliphatic carbocycles. The van der Waals surface area contributed by atoms with E-state index in [2.05, 4.69) is 20.7 Å². The van der Waals surface area contributed by atoms with Crippen molar-refractivity contribution in [1.82, 2.24) is 0 Å². The summed E-state index contributed by atoms with van der Waals surface area (Å²) in [5, 5.41) is 0. The van der Waals surface area contributed by atoms with Crippen LogP contribution in [0.15, 0.2) is 27.6 Å². The van der Waals surface area contributed by atoms with Crippen LogP contribution in [0.4, 0.5) is 0 Å². The number of ketones is 1. The maximum Gasteiger partial charge on any atom is 0.315 e. The summed E-state index contributed by atoms with van der Waals surface area (Å²) in [6.07, 6.45) is 2.22. The fourth-order valence-corrected chi connectivity index (χ4v) is 2.56. The largest absolute Gasteiger partial charge is 0.468 e. The van der Waals surface area contributed by atoms with Gasteiger partial charge in [0.15, 0.2) is 5.78 Å². The average Bonchev–Trinajstić information content (AvgIpc) is 2.38. The van der Waals surface area contributed by atoms with Crippen LogP contribution in [0.1, 0.15) is 12.5 Å². The van der Waals surface area contributed by atoms with E-state index in [9.17, 15) is 9.59 Å². The zero-order valence-electron chi connectivity index (χ0n) is 10.5. The van der Waals surface area contributed by atoms with Gasteiger partial charge in [0.2, 0.25) is 0 Å². The second-order valence-corrected chi connectivity index (χ2v) is 5.58. The number of carbonyl (C=O) groups is 2. The lowest BCUT2D eigenvalue weighted by Gasteiger charge is -2.09. The molecule has 5 heteroatoms. The molecular formula is C13H15BrO3S. The summed E-state index contributed by atoms with van der Waals surface area (Å²) >= 11 is 5.07. The molecule has 1 unspecified atom stereocenters. The lowest BCUT2D eigenvalue weighted by molar-refractivity contribution is -0.148. The zero-order chi connectivity index (χ0) is 13.7. The summed E-state index contributed by atoms with van der Waals surface area (Å²) in [4.78, 5) is 24.3. The van der Waals surface area contributed by atoms with Gasteiger partial charge in [-0.3, -0.25) is 9.59 Å². The van der Waals surface area contributed by atoms with Gasteiger partial charge in [-0.2, -0.15) is 0 Å². The van der Waals surface area contributed by atoms with Gasteiger partial charge >= 0.3 is 5.97 Å². The maximum atomic E-state index is 11.9. The van der Waals surface area contributed by atoms with Gasteiger partial charge in [-0.05, 0) is 30.9 Å². The van der Waals surface area contributed by atoms with Gasteiger partial charge in [-0.25, -0.2) is 0 Å². The third-order valence-electron chi connectivity index (χ3n) is 2.66. The first-order valence-electron chi connectivity index (χ1n) is 5.42. The second-order valence-electron chi connectivity index (χ2n) is 3.85. The third kappa shape index (κ3) is 3.85. The van der Waals surface area contributed by atoms with E-state index in [-0.39, 0.29) is 12.2 Å². The van der Waals surface area contributed by atoms with Crippen molar-refractivity contribution in [1.29, 1.82) is 0 Å². The Labute approximate surface area is 119 Å². The molecule has 1 aromatic carbocycles. The predicted octanol–water partition coefficient (Wildman–Crippen LogP) is 3.09. The van der Waals surface area contributed by atoms with E-state index in [1.54, 1.807) is 18.7 Å². The predicted molar refractivity (Wildman–Crippen MR) is 75.8 cm³/mol. The number of ether oxygens (including phenoxy) is 1. The van der Waals surface area contributed by atoms with Gasteiger partial charge in [0.1, 0.15) is 5.92 Å². The number of thioether (sulfide) groups is 1. The fraction of sp³-hybridized carbons (Fsp3) is 0.385. The normalized spacial score (nSPS) is 12.0. The number of methoxy groups -OCH3 is 1. The van der Waals surface area contributed by atoms with E-state index in [1.165, 1.54) is 7.11 Å². The van der Waals surface area contributed by atoms with Crippen LogP contribution in [0.3, 0.4) is 0 Å². The van der Waals surface area contributed by atoms with Crippen molar-refractivity contribution in [2.75, 3.05) is 13.4 Å². The molecule has 0 aromatic heterocycles. The van der Waals surface area contributed by atoms with Gasteiger partial charge in [0.25, 0.3) is 0 Å². The Morgan fingerprint density at radius 3 is 2.61 bits per heavy atom. The summed E-state index contributed by atoms with van der Waals surface area (Å²) in [6.45, 7) is 1.57. The van der Waals surface area contributed by atoms with E-state index in [0.29, 0.717) is 0 Å². The minimum Gasteiger partial charge on any atom is -0.468 e. The Balaban J connectivity index is 2.79. The van der Waals surface area contributed by atoms with Gasteiger partial charge in [0.05, 0.1) is 7.11 Å². The molecule has 98 valence electrons. The van der Waals surface area contributed by atoms with Crippen molar-refractivity contribution in [2.24, 2.45) is 5.92 Å². The molecule has 18 heavy (non-hydrogen) atoms. The number of hydrogen-bond donors (Lipinski definition) is 0. The average molecular weight is 331 g/mol. The molecule has 0 aliphatic heterocycles. The van der Waals surface area contributed by atoms with Gasteiger partial charge < -0.3 is 4.74 Å². The van der Waals surface area contributed by atoms with Crippen molar-refractivity contribution in [2.45, 2.75) is 18.2 Å². The van der Waals surface area contributed by atoms with Crippen LogP contribution in [0.25, 0.3) is 0 Å². The first kappa shape index (κ1) is 15.2. The number of benzene rings is 1. The Morgan fingerprint density at radius 1 is 1.44 bits per heavy atom. The molecule has 0 saturated carbocycles. The van der Waals surface area contributed by atoms with Gasteiger partial charge in [-0.15, -0.1) is 11.8 Å². The van der Waals surface area contributed by atoms with E-state index in [0.717, 1.165) is 14.9 Å². The molecule has 0 spiro atoms. The Hall–Kier alpha value is -0.810. The minimum atomic E-state index is -0.720. The molecule has 0 N–H and O–H groups in total. The molecule has 1 aromatic rings. The molecule has 1 rings (SSSR count). The smallest absolute Gasteiger partial charge is 0.315 e. The van der Waals surface area contributed by atoms with Crippen LogP contribution in [0, 0.1) is 5.92 Å². The number of esters is 1. The highest BCUT2D eigenvalue weighted by molar-refractivity contribution is 9.10. The molecule has 0 heterocycles. The Morgan fingerprint density at radius 2 is 2.11 bits per heavy atom. The highest BCUT2D eigenvalue weighted by Crippen LogP contribution is 2.25. The monoisotopic (exact) mass is 330 g/mol. The summed E-state index contributed by atoms with van der Waals surface area (Å²) in [5.74, 6) is -1.35. The van der Waals surface area contributed by atoms with E-state index in [1.807, 2.05) is 24.5 Å². The number of rotatable bonds is 5. The summed E-state index contributed by atoms with van der Waals surface area (Å²) in [7, 11) is 1.29. The molecule has 0 radical (unpaired) electrons. The van der Waals surface area contributed by atoms with E-state index >= 15 is 0 Å². The first-order valence-corrected chi connectivity index (χ1v) is 7.44. The zero-order valence-corrected chi connectivity index (χ0v) is 12.9. The summed E-state index contributed by atoms with van der Waals surface area (Å²) in [5.41, 5.74) is 0.883. The summed E-state index contributed by atoms with van der Waals surface area (Å²) in [6, 6.07) is 5.83. The van der Waals surface area contributed by atoms with Gasteiger partial charge in [0, 0.05) is 15.8 Å². The SMILES string of the molecule is COC(=O)C(C)C(=O)Cc1ccc(SC)cc1Br. The third-order valence-corrected chi connectivity index (χ3v) is 4.13. The highest BCUT2D eigenvalue weighted by Gasteiger charge is 2.22. The molecule has 0 fully saturated rings. The lowest BCUT2D eigenvalue weighted by Crippen LogP contribution is -2.23. The Bertz CT molecular complexity index is 460. The lowest BCUT2D eigenvalue weighted by atomic mass is 10.00. The van der Waals surface area contributed by atoms with Gasteiger partial charge in [-0.1, -0.05) is 22.0 Å². The molecule has 0 amide bonds. The van der Waals surface area contributed by atoms with Crippen LogP contribution in [0.5, 0.6) is 0 Å². The van der Waals surface area contributed by atoms with Crippen LogP contribution < -0.4 is 0 Å². The number of Topliss-reactive ketones (excluding diaryl/α,β-unsaturated/α-hetero) is 1. The fourth-order valence-electron chi connectivity index (χ4n) is 1.45. The van der Waals surface area contributed by atoms with E-state index < -0.39 is 11.9 Å². The standard InChI is InChI=1S/C13H15BrO3S/c1-8(13(16)17-2)12(15)6-9-4-5-10(18-3)7-11(9)14/h4-5,7-8H,6H2,1-3H3.